The van der Waals surface area contributed by atoms with Gasteiger partial charge < -0.3 is 48.0 Å². The molecule has 2 aliphatic heterocycles. The summed E-state index contributed by atoms with van der Waals surface area (Å²) in [5.41, 5.74) is 7.19. The Morgan fingerprint density at radius 2 is 0.808 bits per heavy atom. The summed E-state index contributed by atoms with van der Waals surface area (Å²) >= 11 is 0. The Hall–Kier alpha value is 1.80. The lowest BCUT2D eigenvalue weighted by atomic mass is 9.71. The zero-order valence-electron chi connectivity index (χ0n) is 18.8. The molecule has 26 heavy (non-hydrogen) atoms. The molecule has 4 heteroatoms. The molecule has 0 aromatic heterocycles. The summed E-state index contributed by atoms with van der Waals surface area (Å²) in [4.78, 5) is 0. The van der Waals surface area contributed by atoms with Gasteiger partial charge in [-0.2, -0.15) is 0 Å². The van der Waals surface area contributed by atoms with Gasteiger partial charge in [-0.3, -0.25) is 0 Å². The minimum Gasteiger partial charge on any atom is -1.00 e. The number of allylic oxidation sites excluding steroid dienone is 4. The van der Waals surface area contributed by atoms with E-state index in [1.54, 1.807) is 11.1 Å². The zero-order chi connectivity index (χ0) is 18.5. The monoisotopic (exact) mass is 618 g/mol. The number of hydrogen-bond acceptors (Lipinski definition) is 0. The summed E-state index contributed by atoms with van der Waals surface area (Å²) in [6, 6.07) is 0. The fourth-order valence-corrected chi connectivity index (χ4v) is 24.3. The van der Waals surface area contributed by atoms with Crippen LogP contribution in [-0.4, -0.2) is 47.3 Å². The minimum absolute atomic E-state index is 0. The summed E-state index contributed by atoms with van der Waals surface area (Å²) in [5.74, 6) is 1.62. The first-order chi connectivity index (χ1) is 10.7. The molecule has 4 aliphatic rings. The Kier molecular flexibility index (Phi) is 5.30. The predicted molar refractivity (Wildman–Crippen MR) is 115 cm³/mol. The van der Waals surface area contributed by atoms with Gasteiger partial charge in [-0.25, -0.2) is 0 Å². The van der Waals surface area contributed by atoms with Crippen LogP contribution in [0.5, 0.6) is 0 Å². The van der Waals surface area contributed by atoms with Gasteiger partial charge in [-0.05, 0) is 63.8 Å². The molecule has 0 unspecified atom stereocenters. The Balaban J connectivity index is 0.00000121. The van der Waals surface area contributed by atoms with E-state index < -0.39 is 14.5 Å². The number of rotatable bonds is 0. The van der Waals surface area contributed by atoms with Crippen LogP contribution in [0.15, 0.2) is 22.3 Å². The van der Waals surface area contributed by atoms with Gasteiger partial charge in [0, 0.05) is 26.4 Å². The zero-order valence-corrected chi connectivity index (χ0v) is 24.9. The molecule has 0 aromatic rings. The van der Waals surface area contributed by atoms with Crippen LogP contribution in [0.25, 0.3) is 0 Å². The average molecular weight is 618 g/mol. The van der Waals surface area contributed by atoms with Gasteiger partial charge in [-0.15, -0.1) is 0 Å². The molecule has 2 fully saturated rings. The van der Waals surface area contributed by atoms with E-state index in [0.29, 0.717) is 20.6 Å². The molecule has 0 amide bonds. The minimum atomic E-state index is -1.18. The summed E-state index contributed by atoms with van der Waals surface area (Å²) in [7, 11) is -2.36. The number of hydrogen-bond donors (Lipinski definition) is 0. The Labute approximate surface area is 197 Å². The molecule has 4 rings (SSSR count). The third-order valence-electron chi connectivity index (χ3n) is 11.4. The predicted octanol–water partition coefficient (Wildman–Crippen LogP) is 0.543. The van der Waals surface area contributed by atoms with E-state index in [1.807, 2.05) is 11.1 Å². The molecule has 6 atom stereocenters. The lowest BCUT2D eigenvalue weighted by Crippen LogP contribution is -3.00. The van der Waals surface area contributed by atoms with Gasteiger partial charge in [0.05, 0.1) is 26.7 Å². The van der Waals surface area contributed by atoms with E-state index >= 15 is 0 Å². The molecule has 2 spiro atoms. The largest absolute Gasteiger partial charge is 1.00 e. The van der Waals surface area contributed by atoms with Gasteiger partial charge >= 0.3 is 0 Å². The summed E-state index contributed by atoms with van der Waals surface area (Å²) in [6.45, 7) is 31.7. The van der Waals surface area contributed by atoms with Gasteiger partial charge in [0.1, 0.15) is 10.3 Å². The lowest BCUT2D eigenvalue weighted by Gasteiger charge is -2.52. The van der Waals surface area contributed by atoms with Gasteiger partial charge in [-0.1, -0.05) is 13.8 Å². The molecule has 0 aromatic carbocycles. The van der Waals surface area contributed by atoms with Crippen LogP contribution in [0.3, 0.4) is 0 Å². The highest BCUT2D eigenvalue weighted by molar-refractivity contribution is 7.84. The van der Waals surface area contributed by atoms with Crippen molar-refractivity contribution in [1.82, 2.24) is 0 Å². The van der Waals surface area contributed by atoms with Crippen molar-refractivity contribution in [1.29, 1.82) is 0 Å². The summed E-state index contributed by atoms with van der Waals surface area (Å²) in [6.07, 6.45) is 0. The molecule has 0 saturated carbocycles. The van der Waals surface area contributed by atoms with Crippen molar-refractivity contribution in [3.63, 3.8) is 0 Å². The Bertz CT molecular complexity index is 700. The van der Waals surface area contributed by atoms with Crippen molar-refractivity contribution < 1.29 is 48.0 Å². The van der Waals surface area contributed by atoms with Crippen molar-refractivity contribution in [2.75, 3.05) is 26.7 Å². The maximum atomic E-state index is 2.74. The maximum absolute atomic E-state index is 2.74. The molecular formula is C22H38I2P2. The van der Waals surface area contributed by atoms with Crippen LogP contribution >= 0.6 is 14.5 Å². The Morgan fingerprint density at radius 1 is 0.577 bits per heavy atom. The molecule has 0 radical (unpaired) electrons. The highest BCUT2D eigenvalue weighted by atomic mass is 127. The first-order valence-electron chi connectivity index (χ1n) is 9.74. The third-order valence-corrected chi connectivity index (χ3v) is 23.3. The molecule has 2 aliphatic carbocycles. The fourth-order valence-electron chi connectivity index (χ4n) is 9.87. The normalized spacial score (nSPS) is 52.2. The first-order valence-corrected chi connectivity index (χ1v) is 15.1. The summed E-state index contributed by atoms with van der Waals surface area (Å²) in [5, 5.41) is 1.81. The topological polar surface area (TPSA) is 0 Å². The molecular weight excluding hydrogens is 580 g/mol. The molecule has 4 bridgehead atoms. The van der Waals surface area contributed by atoms with Crippen LogP contribution in [0.4, 0.5) is 0 Å². The smallest absolute Gasteiger partial charge is 0.151 e. The van der Waals surface area contributed by atoms with Crippen molar-refractivity contribution in [2.24, 2.45) is 11.8 Å². The molecule has 0 nitrogen and oxygen atoms in total. The van der Waals surface area contributed by atoms with Crippen LogP contribution in [0, 0.1) is 11.8 Å². The van der Waals surface area contributed by atoms with Crippen LogP contribution < -0.4 is 48.0 Å². The van der Waals surface area contributed by atoms with E-state index in [1.165, 1.54) is 0 Å². The van der Waals surface area contributed by atoms with Gasteiger partial charge in [0.15, 0.2) is 10.3 Å². The van der Waals surface area contributed by atoms with Gasteiger partial charge in [0.2, 0.25) is 0 Å². The second-order valence-corrected chi connectivity index (χ2v) is 19.8. The van der Waals surface area contributed by atoms with Crippen LogP contribution in [0.2, 0.25) is 0 Å². The summed E-state index contributed by atoms with van der Waals surface area (Å²) < 4.78 is 0. The van der Waals surface area contributed by atoms with Crippen LogP contribution in [0.1, 0.15) is 55.4 Å². The van der Waals surface area contributed by atoms with E-state index in [-0.39, 0.29) is 48.0 Å². The lowest BCUT2D eigenvalue weighted by molar-refractivity contribution is -0.00100. The van der Waals surface area contributed by atoms with E-state index in [4.69, 9.17) is 0 Å². The van der Waals surface area contributed by atoms with Crippen molar-refractivity contribution in [2.45, 2.75) is 76.0 Å². The van der Waals surface area contributed by atoms with Crippen molar-refractivity contribution in [3.8, 4) is 0 Å². The van der Waals surface area contributed by atoms with E-state index in [9.17, 15) is 0 Å². The SMILES string of the molecule is CC1=C(C)[C@@]23[C@H](C)[C@]1(C)[P+](C)(C)[C@@]21C(C)=C(C)[C@](C)([C@H]1C)[P+]3(C)C.[I-].[I-]. The van der Waals surface area contributed by atoms with E-state index in [2.05, 4.69) is 82.0 Å². The van der Waals surface area contributed by atoms with Crippen molar-refractivity contribution in [3.05, 3.63) is 22.3 Å². The second-order valence-electron chi connectivity index (χ2n) is 10.7. The second kappa shape index (κ2) is 5.73. The average Bonchev–Trinajstić information content (AvgIpc) is 2.87. The molecule has 2 saturated heterocycles. The first kappa shape index (κ1) is 24.1. The highest BCUT2D eigenvalue weighted by Gasteiger charge is 3.01. The fraction of sp³-hybridized carbons (Fsp3) is 0.818. The standard InChI is InChI=1S/C22H38P2.2HI/c1-13-15(3)21-17(5)19(13,7)23(9,10)22(21)16(4)14(2)20(8,18(22)6)24(21,11)12;;/h17-18H,1-12H3;2*1H/q+2;;/p-2/t17-,18-,19-,20-,21-,22-;;/m1../s1. The van der Waals surface area contributed by atoms with Gasteiger partial charge in [0.25, 0.3) is 0 Å². The molecule has 0 N–H and O–H groups in total. The number of halogens is 2. The third kappa shape index (κ3) is 1.50. The van der Waals surface area contributed by atoms with Crippen LogP contribution in [-0.2, 0) is 0 Å². The highest BCUT2D eigenvalue weighted by Crippen LogP contribution is 3.07. The maximum Gasteiger partial charge on any atom is 0.151 e. The Morgan fingerprint density at radius 3 is 1.04 bits per heavy atom. The number of fused-ring (bicyclic) bond motifs is 2. The molecule has 150 valence electrons. The molecule has 2 heterocycles. The van der Waals surface area contributed by atoms with E-state index in [0.717, 1.165) is 11.8 Å². The quantitative estimate of drug-likeness (QED) is 0.212. The van der Waals surface area contributed by atoms with Crippen molar-refractivity contribution >= 4 is 14.5 Å².